The zero-order chi connectivity index (χ0) is 8.77. The molecule has 64 valence electrons. The van der Waals surface area contributed by atoms with Crippen LogP contribution in [-0.2, 0) is 9.84 Å². The number of fused-ring (bicyclic) bond motifs is 1. The maximum Gasteiger partial charge on any atom is 0.216 e. The second kappa shape index (κ2) is 2.23. The molecular formula is C8H8O3S. The van der Waals surface area contributed by atoms with Gasteiger partial charge in [-0.25, -0.2) is 8.42 Å². The van der Waals surface area contributed by atoms with Gasteiger partial charge >= 0.3 is 0 Å². The minimum atomic E-state index is -3.14. The van der Waals surface area contributed by atoms with Crippen molar-refractivity contribution in [2.24, 2.45) is 0 Å². The number of hydrogen-bond acceptors (Lipinski definition) is 3. The first-order chi connectivity index (χ1) is 5.59. The van der Waals surface area contributed by atoms with E-state index in [-0.39, 0.29) is 5.94 Å². The van der Waals surface area contributed by atoms with Gasteiger partial charge < -0.3 is 4.74 Å². The Balaban J connectivity index is 2.71. The molecule has 1 aromatic rings. The summed E-state index contributed by atoms with van der Waals surface area (Å²) in [6, 6.07) is 5.10. The fourth-order valence-corrected chi connectivity index (χ4v) is 2.30. The van der Waals surface area contributed by atoms with E-state index in [0.717, 1.165) is 5.56 Å². The highest BCUT2D eigenvalue weighted by Gasteiger charge is 2.27. The predicted molar refractivity (Wildman–Crippen MR) is 43.9 cm³/mol. The highest BCUT2D eigenvalue weighted by molar-refractivity contribution is 7.91. The van der Waals surface area contributed by atoms with Gasteiger partial charge in [-0.1, -0.05) is 6.07 Å². The first kappa shape index (κ1) is 7.61. The van der Waals surface area contributed by atoms with Gasteiger partial charge in [-0.2, -0.15) is 0 Å². The van der Waals surface area contributed by atoms with E-state index in [4.69, 9.17) is 4.74 Å². The lowest BCUT2D eigenvalue weighted by molar-refractivity contribution is 0.389. The van der Waals surface area contributed by atoms with E-state index in [2.05, 4.69) is 0 Å². The summed E-state index contributed by atoms with van der Waals surface area (Å²) in [5, 5.41) is 0. The van der Waals surface area contributed by atoms with Crippen molar-refractivity contribution in [3.63, 3.8) is 0 Å². The van der Waals surface area contributed by atoms with Gasteiger partial charge in [-0.3, -0.25) is 0 Å². The van der Waals surface area contributed by atoms with E-state index in [1.807, 2.05) is 6.92 Å². The predicted octanol–water partition coefficient (Wildman–Crippen LogP) is 1.12. The molecule has 2 rings (SSSR count). The standard InChI is InChI=1S/C8H8O3S/c1-6-2-3-8-7(4-6)11-5-12(8,9)10/h2-4H,5H2,1H3. The van der Waals surface area contributed by atoms with Crippen LogP contribution in [0.15, 0.2) is 23.1 Å². The highest BCUT2D eigenvalue weighted by Crippen LogP contribution is 2.31. The van der Waals surface area contributed by atoms with Crippen molar-refractivity contribution in [1.29, 1.82) is 0 Å². The number of hydrogen-bond donors (Lipinski definition) is 0. The molecule has 0 N–H and O–H groups in total. The molecule has 0 radical (unpaired) electrons. The van der Waals surface area contributed by atoms with Crippen LogP contribution in [0.1, 0.15) is 5.56 Å². The largest absolute Gasteiger partial charge is 0.476 e. The molecule has 0 fully saturated rings. The molecule has 1 aromatic carbocycles. The molecule has 12 heavy (non-hydrogen) atoms. The number of sulfone groups is 1. The Labute approximate surface area is 70.9 Å². The molecule has 0 saturated heterocycles. The highest BCUT2D eigenvalue weighted by atomic mass is 32.2. The van der Waals surface area contributed by atoms with Crippen molar-refractivity contribution in [3.05, 3.63) is 23.8 Å². The van der Waals surface area contributed by atoms with Crippen LogP contribution in [0, 0.1) is 6.92 Å². The first-order valence-corrected chi connectivity index (χ1v) is 5.21. The Hall–Kier alpha value is -1.03. The Kier molecular flexibility index (Phi) is 1.41. The molecule has 0 bridgehead atoms. The molecular weight excluding hydrogens is 176 g/mol. The summed E-state index contributed by atoms with van der Waals surface area (Å²) >= 11 is 0. The van der Waals surface area contributed by atoms with Gasteiger partial charge in [0.05, 0.1) is 0 Å². The van der Waals surface area contributed by atoms with Crippen molar-refractivity contribution in [1.82, 2.24) is 0 Å². The number of benzene rings is 1. The zero-order valence-electron chi connectivity index (χ0n) is 6.57. The SMILES string of the molecule is Cc1ccc2c(c1)OCS2(=O)=O. The number of rotatable bonds is 0. The fraction of sp³-hybridized carbons (Fsp3) is 0.250. The van der Waals surface area contributed by atoms with E-state index >= 15 is 0 Å². The first-order valence-electron chi connectivity index (χ1n) is 3.56. The second-order valence-electron chi connectivity index (χ2n) is 2.83. The van der Waals surface area contributed by atoms with Crippen LogP contribution < -0.4 is 4.74 Å². The molecule has 0 unspecified atom stereocenters. The van der Waals surface area contributed by atoms with Gasteiger partial charge in [0.2, 0.25) is 9.84 Å². The van der Waals surface area contributed by atoms with Crippen LogP contribution in [0.3, 0.4) is 0 Å². The summed E-state index contributed by atoms with van der Waals surface area (Å²) in [5.41, 5.74) is 1.01. The molecule has 3 nitrogen and oxygen atoms in total. The summed E-state index contributed by atoms with van der Waals surface area (Å²) in [6.07, 6.45) is 0. The lowest BCUT2D eigenvalue weighted by atomic mass is 10.2. The Morgan fingerprint density at radius 2 is 2.17 bits per heavy atom. The second-order valence-corrected chi connectivity index (χ2v) is 4.73. The summed E-state index contributed by atoms with van der Waals surface area (Å²) in [4.78, 5) is 0.313. The molecule has 0 aliphatic carbocycles. The lowest BCUT2D eigenvalue weighted by Gasteiger charge is -1.96. The van der Waals surface area contributed by atoms with Crippen molar-refractivity contribution in [3.8, 4) is 5.75 Å². The monoisotopic (exact) mass is 184 g/mol. The van der Waals surface area contributed by atoms with Gasteiger partial charge in [0.25, 0.3) is 0 Å². The van der Waals surface area contributed by atoms with E-state index in [9.17, 15) is 8.42 Å². The van der Waals surface area contributed by atoms with E-state index in [1.54, 1.807) is 18.2 Å². The number of aryl methyl sites for hydroxylation is 1. The average Bonchev–Trinajstić information content (AvgIpc) is 2.27. The quantitative estimate of drug-likeness (QED) is 0.606. The van der Waals surface area contributed by atoms with Gasteiger partial charge in [-0.15, -0.1) is 0 Å². The van der Waals surface area contributed by atoms with Gasteiger partial charge in [0, 0.05) is 0 Å². The summed E-state index contributed by atoms with van der Waals surface area (Å²) in [7, 11) is -3.14. The maximum atomic E-state index is 11.2. The molecule has 0 spiro atoms. The topological polar surface area (TPSA) is 43.4 Å². The Morgan fingerprint density at radius 3 is 2.92 bits per heavy atom. The van der Waals surface area contributed by atoms with Crippen LogP contribution >= 0.6 is 0 Å². The molecule has 1 heterocycles. The molecule has 0 saturated carbocycles. The third-order valence-electron chi connectivity index (χ3n) is 1.80. The maximum absolute atomic E-state index is 11.2. The van der Waals surface area contributed by atoms with E-state index < -0.39 is 9.84 Å². The Morgan fingerprint density at radius 1 is 1.42 bits per heavy atom. The van der Waals surface area contributed by atoms with Crippen molar-refractivity contribution in [2.45, 2.75) is 11.8 Å². The summed E-state index contributed by atoms with van der Waals surface area (Å²) < 4.78 is 27.5. The van der Waals surface area contributed by atoms with Crippen LogP contribution in [0.2, 0.25) is 0 Å². The molecule has 0 amide bonds. The van der Waals surface area contributed by atoms with Crippen LogP contribution in [-0.4, -0.2) is 14.4 Å². The zero-order valence-corrected chi connectivity index (χ0v) is 7.39. The van der Waals surface area contributed by atoms with Gasteiger partial charge in [0.1, 0.15) is 10.6 Å². The minimum absolute atomic E-state index is 0.216. The smallest absolute Gasteiger partial charge is 0.216 e. The van der Waals surface area contributed by atoms with Crippen molar-refractivity contribution < 1.29 is 13.2 Å². The van der Waals surface area contributed by atoms with Crippen molar-refractivity contribution >= 4 is 9.84 Å². The molecule has 1 aliphatic heterocycles. The normalized spacial score (nSPS) is 18.4. The molecule has 0 aromatic heterocycles. The van der Waals surface area contributed by atoms with Crippen LogP contribution in [0.4, 0.5) is 0 Å². The van der Waals surface area contributed by atoms with Gasteiger partial charge in [-0.05, 0) is 24.6 Å². The molecule has 0 atom stereocenters. The lowest BCUT2D eigenvalue weighted by Crippen LogP contribution is -2.01. The van der Waals surface area contributed by atoms with Crippen molar-refractivity contribution in [2.75, 3.05) is 5.94 Å². The van der Waals surface area contributed by atoms with Gasteiger partial charge in [0.15, 0.2) is 5.94 Å². The summed E-state index contributed by atoms with van der Waals surface area (Å²) in [6.45, 7) is 1.90. The third-order valence-corrected chi connectivity index (χ3v) is 3.24. The number of ether oxygens (including phenoxy) is 1. The fourth-order valence-electron chi connectivity index (χ4n) is 1.19. The third kappa shape index (κ3) is 0.992. The minimum Gasteiger partial charge on any atom is -0.476 e. The van der Waals surface area contributed by atoms with Crippen LogP contribution in [0.5, 0.6) is 5.75 Å². The Bertz CT molecular complexity index is 420. The molecule has 4 heteroatoms. The summed E-state index contributed by atoms with van der Waals surface area (Å²) in [5.74, 6) is 0.265. The van der Waals surface area contributed by atoms with Crippen LogP contribution in [0.25, 0.3) is 0 Å². The molecule has 1 aliphatic rings. The van der Waals surface area contributed by atoms with E-state index in [1.165, 1.54) is 0 Å². The van der Waals surface area contributed by atoms with E-state index in [0.29, 0.717) is 10.6 Å². The average molecular weight is 184 g/mol.